The summed E-state index contributed by atoms with van der Waals surface area (Å²) in [4.78, 5) is 25.7. The summed E-state index contributed by atoms with van der Waals surface area (Å²) in [5.74, 6) is -0.930. The largest absolute Gasteiger partial charge is 0.452 e. The van der Waals surface area contributed by atoms with Gasteiger partial charge >= 0.3 is 6.09 Å². The zero-order chi connectivity index (χ0) is 21.1. The van der Waals surface area contributed by atoms with Gasteiger partial charge in [0.1, 0.15) is 22.8 Å². The molecule has 3 aromatic rings. The number of aromatic nitrogens is 1. The molecule has 0 aliphatic rings. The van der Waals surface area contributed by atoms with Crippen LogP contribution in [-0.2, 0) is 4.74 Å². The Morgan fingerprint density at radius 1 is 1.21 bits per heavy atom. The highest BCUT2D eigenvalue weighted by atomic mass is 35.5. The second-order valence-electron chi connectivity index (χ2n) is 6.09. The van der Waals surface area contributed by atoms with E-state index in [0.29, 0.717) is 11.4 Å². The van der Waals surface area contributed by atoms with Gasteiger partial charge in [-0.05, 0) is 43.3 Å². The predicted molar refractivity (Wildman–Crippen MR) is 107 cm³/mol. The standard InChI is InChI=1S/C20H17ClFN3O4/c1-11-16(18(24-29-11)17-14(21)5-4-6-15(17)22)19(26)23-12-7-9-13(10-8-12)25(2)20(27)28-3/h4-10H,1-3H3,(H,23,26). The van der Waals surface area contributed by atoms with Gasteiger partial charge in [-0.25, -0.2) is 9.18 Å². The van der Waals surface area contributed by atoms with Crippen LogP contribution in [0.4, 0.5) is 20.6 Å². The number of nitrogens with one attached hydrogen (secondary N) is 1. The van der Waals surface area contributed by atoms with Crippen LogP contribution in [0.25, 0.3) is 11.3 Å². The zero-order valence-corrected chi connectivity index (χ0v) is 16.6. The van der Waals surface area contributed by atoms with E-state index in [0.717, 1.165) is 0 Å². The highest BCUT2D eigenvalue weighted by Gasteiger charge is 2.25. The van der Waals surface area contributed by atoms with Crippen molar-refractivity contribution in [1.29, 1.82) is 0 Å². The van der Waals surface area contributed by atoms with Gasteiger partial charge in [-0.3, -0.25) is 9.69 Å². The van der Waals surface area contributed by atoms with Crippen molar-refractivity contribution in [2.24, 2.45) is 0 Å². The van der Waals surface area contributed by atoms with Gasteiger partial charge in [0.25, 0.3) is 5.91 Å². The van der Waals surface area contributed by atoms with Gasteiger partial charge in [-0.15, -0.1) is 0 Å². The molecular formula is C20H17ClFN3O4. The molecule has 0 bridgehead atoms. The Morgan fingerprint density at radius 3 is 2.52 bits per heavy atom. The third kappa shape index (κ3) is 4.07. The lowest BCUT2D eigenvalue weighted by Crippen LogP contribution is -2.25. The first-order valence-corrected chi connectivity index (χ1v) is 8.85. The molecule has 0 aliphatic heterocycles. The van der Waals surface area contributed by atoms with Gasteiger partial charge in [-0.2, -0.15) is 0 Å². The molecule has 29 heavy (non-hydrogen) atoms. The third-order valence-electron chi connectivity index (χ3n) is 4.25. The number of amides is 2. The molecule has 0 saturated heterocycles. The van der Waals surface area contributed by atoms with Gasteiger partial charge in [0, 0.05) is 18.4 Å². The summed E-state index contributed by atoms with van der Waals surface area (Å²) in [7, 11) is 2.85. The van der Waals surface area contributed by atoms with Gasteiger partial charge in [0.05, 0.1) is 17.7 Å². The molecule has 150 valence electrons. The number of benzene rings is 2. The zero-order valence-electron chi connectivity index (χ0n) is 15.8. The molecule has 0 spiro atoms. The Balaban J connectivity index is 1.87. The number of ether oxygens (including phenoxy) is 1. The van der Waals surface area contributed by atoms with Crippen LogP contribution in [0.2, 0.25) is 5.02 Å². The van der Waals surface area contributed by atoms with Gasteiger partial charge < -0.3 is 14.6 Å². The molecule has 9 heteroatoms. The Morgan fingerprint density at radius 2 is 1.90 bits per heavy atom. The number of hydrogen-bond acceptors (Lipinski definition) is 5. The molecule has 1 heterocycles. The average Bonchev–Trinajstić information content (AvgIpc) is 3.08. The van der Waals surface area contributed by atoms with Crippen molar-refractivity contribution in [1.82, 2.24) is 5.16 Å². The number of anilines is 2. The maximum atomic E-state index is 14.3. The summed E-state index contributed by atoms with van der Waals surface area (Å²) in [6.07, 6.45) is -0.520. The fraction of sp³-hybridized carbons (Fsp3) is 0.150. The molecule has 0 unspecified atom stereocenters. The van der Waals surface area contributed by atoms with E-state index in [-0.39, 0.29) is 27.6 Å². The van der Waals surface area contributed by atoms with E-state index < -0.39 is 17.8 Å². The van der Waals surface area contributed by atoms with Crippen LogP contribution < -0.4 is 10.2 Å². The first-order chi connectivity index (χ1) is 13.8. The SMILES string of the molecule is COC(=O)N(C)c1ccc(NC(=O)c2c(-c3c(F)cccc3Cl)noc2C)cc1. The highest BCUT2D eigenvalue weighted by Crippen LogP contribution is 2.33. The monoisotopic (exact) mass is 417 g/mol. The van der Waals surface area contributed by atoms with Crippen molar-refractivity contribution < 1.29 is 23.2 Å². The molecule has 1 N–H and O–H groups in total. The molecule has 1 aromatic heterocycles. The molecule has 0 aliphatic carbocycles. The van der Waals surface area contributed by atoms with Gasteiger partial charge in [-0.1, -0.05) is 22.8 Å². The van der Waals surface area contributed by atoms with Crippen molar-refractivity contribution in [3.63, 3.8) is 0 Å². The summed E-state index contributed by atoms with van der Waals surface area (Å²) in [6.45, 7) is 1.55. The van der Waals surface area contributed by atoms with E-state index in [4.69, 9.17) is 16.1 Å². The van der Waals surface area contributed by atoms with Crippen LogP contribution in [0.5, 0.6) is 0 Å². The van der Waals surface area contributed by atoms with Crippen molar-refractivity contribution in [2.75, 3.05) is 24.4 Å². The van der Waals surface area contributed by atoms with E-state index in [1.807, 2.05) is 0 Å². The predicted octanol–water partition coefficient (Wildman–Crippen LogP) is 4.90. The minimum Gasteiger partial charge on any atom is -0.452 e. The first-order valence-electron chi connectivity index (χ1n) is 8.47. The summed E-state index contributed by atoms with van der Waals surface area (Å²) >= 11 is 6.10. The normalized spacial score (nSPS) is 10.5. The van der Waals surface area contributed by atoms with Crippen LogP contribution in [0, 0.1) is 12.7 Å². The number of carbonyl (C=O) groups is 2. The van der Waals surface area contributed by atoms with Crippen LogP contribution >= 0.6 is 11.6 Å². The number of methoxy groups -OCH3 is 1. The third-order valence-corrected chi connectivity index (χ3v) is 4.57. The van der Waals surface area contributed by atoms with Crippen LogP contribution in [-0.4, -0.2) is 31.3 Å². The molecule has 0 atom stereocenters. The van der Waals surface area contributed by atoms with Crippen molar-refractivity contribution in [2.45, 2.75) is 6.92 Å². The summed E-state index contributed by atoms with van der Waals surface area (Å²) in [5.41, 5.74) is 1.13. The first kappa shape index (κ1) is 20.3. The number of nitrogens with zero attached hydrogens (tertiary/aromatic N) is 2. The van der Waals surface area contributed by atoms with E-state index in [9.17, 15) is 14.0 Å². The van der Waals surface area contributed by atoms with Gasteiger partial charge in [0.15, 0.2) is 0 Å². The lowest BCUT2D eigenvalue weighted by molar-refractivity contribution is 0.102. The van der Waals surface area contributed by atoms with Crippen molar-refractivity contribution >= 4 is 35.0 Å². The Bertz CT molecular complexity index is 1050. The summed E-state index contributed by atoms with van der Waals surface area (Å²) < 4.78 is 24.1. The Labute approximate surface area is 171 Å². The Kier molecular flexibility index (Phi) is 5.84. The number of carbonyl (C=O) groups excluding carboxylic acids is 2. The van der Waals surface area contributed by atoms with Crippen LogP contribution in [0.1, 0.15) is 16.1 Å². The van der Waals surface area contributed by atoms with E-state index >= 15 is 0 Å². The molecule has 7 nitrogen and oxygen atoms in total. The smallest absolute Gasteiger partial charge is 0.413 e. The minimum atomic E-state index is -0.616. The quantitative estimate of drug-likeness (QED) is 0.652. The van der Waals surface area contributed by atoms with E-state index in [2.05, 4.69) is 15.2 Å². The lowest BCUT2D eigenvalue weighted by Gasteiger charge is -2.16. The topological polar surface area (TPSA) is 84.7 Å². The van der Waals surface area contributed by atoms with E-state index in [1.54, 1.807) is 38.2 Å². The number of aryl methyl sites for hydroxylation is 1. The number of halogens is 2. The van der Waals surface area contributed by atoms with Crippen molar-refractivity contribution in [3.05, 3.63) is 64.6 Å². The average molecular weight is 418 g/mol. The maximum absolute atomic E-state index is 14.3. The maximum Gasteiger partial charge on any atom is 0.413 e. The van der Waals surface area contributed by atoms with Crippen LogP contribution in [0.3, 0.4) is 0 Å². The number of rotatable bonds is 4. The Hall–Kier alpha value is -3.39. The summed E-state index contributed by atoms with van der Waals surface area (Å²) in [6, 6.07) is 10.7. The molecule has 0 fully saturated rings. The molecule has 3 rings (SSSR count). The molecular weight excluding hydrogens is 401 g/mol. The fourth-order valence-corrected chi connectivity index (χ4v) is 2.99. The number of hydrogen-bond donors (Lipinski definition) is 1. The second kappa shape index (κ2) is 8.32. The molecule has 2 amide bonds. The van der Waals surface area contributed by atoms with Gasteiger partial charge in [0.2, 0.25) is 0 Å². The highest BCUT2D eigenvalue weighted by molar-refractivity contribution is 6.33. The minimum absolute atomic E-state index is 0.00813. The second-order valence-corrected chi connectivity index (χ2v) is 6.50. The summed E-state index contributed by atoms with van der Waals surface area (Å²) in [5, 5.41) is 6.64. The van der Waals surface area contributed by atoms with Crippen LogP contribution in [0.15, 0.2) is 47.0 Å². The lowest BCUT2D eigenvalue weighted by atomic mass is 10.0. The van der Waals surface area contributed by atoms with E-state index in [1.165, 1.54) is 30.2 Å². The molecule has 0 radical (unpaired) electrons. The molecule has 2 aromatic carbocycles. The fourth-order valence-electron chi connectivity index (χ4n) is 2.74. The van der Waals surface area contributed by atoms with Crippen molar-refractivity contribution in [3.8, 4) is 11.3 Å². The molecule has 0 saturated carbocycles.